The van der Waals surface area contributed by atoms with Crippen LogP contribution in [0.15, 0.2) is 15.9 Å². The van der Waals surface area contributed by atoms with E-state index in [0.29, 0.717) is 30.6 Å². The Bertz CT molecular complexity index is 1020. The van der Waals surface area contributed by atoms with Gasteiger partial charge in [0.1, 0.15) is 0 Å². The van der Waals surface area contributed by atoms with Gasteiger partial charge in [0, 0.05) is 26.7 Å². The number of rotatable bonds is 5. The van der Waals surface area contributed by atoms with Gasteiger partial charge in [-0.05, 0) is 26.4 Å². The lowest BCUT2D eigenvalue weighted by Gasteiger charge is -2.23. The summed E-state index contributed by atoms with van der Waals surface area (Å²) in [6.45, 7) is 0.912. The number of aryl methyl sites for hydroxylation is 2. The van der Waals surface area contributed by atoms with Gasteiger partial charge in [0.15, 0.2) is 21.0 Å². The smallest absolute Gasteiger partial charge is 0.328 e. The second-order valence-corrected chi connectivity index (χ2v) is 8.95. The van der Waals surface area contributed by atoms with Crippen molar-refractivity contribution in [2.45, 2.75) is 25.4 Å². The van der Waals surface area contributed by atoms with E-state index in [-0.39, 0.29) is 35.3 Å². The molecule has 0 bridgehead atoms. The van der Waals surface area contributed by atoms with Crippen molar-refractivity contribution < 1.29 is 8.42 Å². The number of fused-ring (bicyclic) bond motifs is 1. The summed E-state index contributed by atoms with van der Waals surface area (Å²) < 4.78 is 27.4. The van der Waals surface area contributed by atoms with E-state index >= 15 is 0 Å². The topological polar surface area (TPSA) is 99.2 Å². The predicted molar refractivity (Wildman–Crippen MR) is 94.5 cm³/mol. The first kappa shape index (κ1) is 17.9. The normalized spacial score (nSPS) is 19.9. The molecule has 3 rings (SSSR count). The van der Waals surface area contributed by atoms with Crippen LogP contribution in [-0.2, 0) is 30.5 Å². The molecule has 0 radical (unpaired) electrons. The van der Waals surface area contributed by atoms with E-state index in [1.54, 1.807) is 18.7 Å². The van der Waals surface area contributed by atoms with Crippen molar-refractivity contribution in [1.82, 2.24) is 23.6 Å². The molecule has 2 aromatic rings. The summed E-state index contributed by atoms with van der Waals surface area (Å²) in [7, 11) is 2.29. The zero-order valence-corrected chi connectivity index (χ0v) is 15.5. The monoisotopic (exact) mass is 369 g/mol. The van der Waals surface area contributed by atoms with Gasteiger partial charge in [-0.25, -0.2) is 18.2 Å². The zero-order chi connectivity index (χ0) is 18.4. The number of imidazole rings is 1. The van der Waals surface area contributed by atoms with Crippen LogP contribution >= 0.6 is 0 Å². The molecule has 138 valence electrons. The maximum atomic E-state index is 12.6. The zero-order valence-electron chi connectivity index (χ0n) is 14.7. The molecule has 3 heterocycles. The highest BCUT2D eigenvalue weighted by Crippen LogP contribution is 2.16. The molecule has 1 aliphatic rings. The van der Waals surface area contributed by atoms with Crippen LogP contribution in [0.5, 0.6) is 0 Å². The van der Waals surface area contributed by atoms with Gasteiger partial charge in [-0.2, -0.15) is 0 Å². The highest BCUT2D eigenvalue weighted by Gasteiger charge is 2.30. The lowest BCUT2D eigenvalue weighted by atomic mass is 10.2. The summed E-state index contributed by atoms with van der Waals surface area (Å²) in [6, 6.07) is 0.0177. The fourth-order valence-electron chi connectivity index (χ4n) is 3.38. The van der Waals surface area contributed by atoms with Crippen LogP contribution in [0.2, 0.25) is 0 Å². The molecule has 1 fully saturated rings. The van der Waals surface area contributed by atoms with E-state index in [0.717, 1.165) is 0 Å². The van der Waals surface area contributed by atoms with Gasteiger partial charge in [-0.15, -0.1) is 0 Å². The van der Waals surface area contributed by atoms with Crippen molar-refractivity contribution in [2.24, 2.45) is 14.1 Å². The molecule has 1 unspecified atom stereocenters. The fourth-order valence-corrected chi connectivity index (χ4v) is 5.18. The molecule has 0 saturated carbocycles. The number of aromatic nitrogens is 4. The standard InChI is InChI=1S/C15H23N5O4S/c1-17(11-5-8-25(23,24)9-11)6-4-7-20-14(21)12-13(16-10-18(12)2)19(3)15(20)22/h10-11H,4-9H2,1-3H3. The average Bonchev–Trinajstić information content (AvgIpc) is 3.11. The third kappa shape index (κ3) is 3.28. The molecule has 1 saturated heterocycles. The molecule has 2 aromatic heterocycles. The highest BCUT2D eigenvalue weighted by atomic mass is 32.2. The first-order valence-corrected chi connectivity index (χ1v) is 10.0. The van der Waals surface area contributed by atoms with E-state index in [4.69, 9.17) is 0 Å². The number of nitrogens with zero attached hydrogens (tertiary/aromatic N) is 5. The summed E-state index contributed by atoms with van der Waals surface area (Å²) in [5, 5.41) is 0. The van der Waals surface area contributed by atoms with Crippen LogP contribution in [0, 0.1) is 0 Å². The summed E-state index contributed by atoms with van der Waals surface area (Å²) in [4.78, 5) is 31.1. The maximum Gasteiger partial charge on any atom is 0.332 e. The average molecular weight is 369 g/mol. The van der Waals surface area contributed by atoms with Gasteiger partial charge in [-0.1, -0.05) is 0 Å². The Morgan fingerprint density at radius 1 is 1.32 bits per heavy atom. The Morgan fingerprint density at radius 2 is 2.04 bits per heavy atom. The lowest BCUT2D eigenvalue weighted by molar-refractivity contribution is 0.253. The van der Waals surface area contributed by atoms with E-state index in [2.05, 4.69) is 4.98 Å². The third-order valence-electron chi connectivity index (χ3n) is 4.93. The van der Waals surface area contributed by atoms with Gasteiger partial charge in [0.25, 0.3) is 5.56 Å². The van der Waals surface area contributed by atoms with Crippen LogP contribution in [0.25, 0.3) is 11.2 Å². The van der Waals surface area contributed by atoms with Crippen LogP contribution in [0.3, 0.4) is 0 Å². The number of hydrogen-bond donors (Lipinski definition) is 0. The number of hydrogen-bond acceptors (Lipinski definition) is 6. The molecule has 0 aliphatic carbocycles. The Hall–Kier alpha value is -1.94. The molecule has 1 atom stereocenters. The fraction of sp³-hybridized carbons (Fsp3) is 0.667. The quantitative estimate of drug-likeness (QED) is 0.666. The molecule has 1 aliphatic heterocycles. The van der Waals surface area contributed by atoms with Crippen LogP contribution in [-0.4, -0.2) is 63.1 Å². The SMILES string of the molecule is CN(CCCn1c(=O)c2c(ncn2C)n(C)c1=O)C1CCS(=O)(=O)C1. The van der Waals surface area contributed by atoms with Crippen molar-refractivity contribution in [3.63, 3.8) is 0 Å². The molecular formula is C15H23N5O4S. The number of sulfone groups is 1. The minimum absolute atomic E-state index is 0.0177. The minimum Gasteiger partial charge on any atom is -0.328 e. The molecule has 0 spiro atoms. The molecule has 0 amide bonds. The maximum absolute atomic E-state index is 12.6. The Labute approximate surface area is 145 Å². The van der Waals surface area contributed by atoms with Gasteiger partial charge in [0.05, 0.1) is 17.8 Å². The summed E-state index contributed by atoms with van der Waals surface area (Å²) in [5.41, 5.74) is 0.0471. The second-order valence-electron chi connectivity index (χ2n) is 6.72. The highest BCUT2D eigenvalue weighted by molar-refractivity contribution is 7.91. The molecule has 0 aromatic carbocycles. The molecule has 9 nitrogen and oxygen atoms in total. The largest absolute Gasteiger partial charge is 0.332 e. The summed E-state index contributed by atoms with van der Waals surface area (Å²) >= 11 is 0. The van der Waals surface area contributed by atoms with Gasteiger partial charge >= 0.3 is 5.69 Å². The molecular weight excluding hydrogens is 346 g/mol. The Balaban J connectivity index is 1.75. The van der Waals surface area contributed by atoms with E-state index in [1.807, 2.05) is 11.9 Å². The van der Waals surface area contributed by atoms with E-state index in [9.17, 15) is 18.0 Å². The van der Waals surface area contributed by atoms with E-state index in [1.165, 1.54) is 15.5 Å². The van der Waals surface area contributed by atoms with Gasteiger partial charge in [0.2, 0.25) is 0 Å². The van der Waals surface area contributed by atoms with Gasteiger partial charge < -0.3 is 9.47 Å². The van der Waals surface area contributed by atoms with Crippen molar-refractivity contribution in [3.8, 4) is 0 Å². The summed E-state index contributed by atoms with van der Waals surface area (Å²) in [5.74, 6) is 0.422. The van der Waals surface area contributed by atoms with Crippen molar-refractivity contribution in [1.29, 1.82) is 0 Å². The third-order valence-corrected chi connectivity index (χ3v) is 6.68. The van der Waals surface area contributed by atoms with Crippen LogP contribution in [0.1, 0.15) is 12.8 Å². The molecule has 0 N–H and O–H groups in total. The van der Waals surface area contributed by atoms with Crippen molar-refractivity contribution >= 4 is 21.0 Å². The first-order chi connectivity index (χ1) is 11.7. The van der Waals surface area contributed by atoms with Crippen LogP contribution < -0.4 is 11.2 Å². The summed E-state index contributed by atoms with van der Waals surface area (Å²) in [6.07, 6.45) is 2.75. The second kappa shape index (κ2) is 6.41. The Morgan fingerprint density at radius 3 is 2.68 bits per heavy atom. The Kier molecular flexibility index (Phi) is 4.58. The van der Waals surface area contributed by atoms with Crippen LogP contribution in [0.4, 0.5) is 0 Å². The lowest BCUT2D eigenvalue weighted by Crippen LogP contribution is -2.40. The molecule has 25 heavy (non-hydrogen) atoms. The van der Waals surface area contributed by atoms with Crippen molar-refractivity contribution in [2.75, 3.05) is 25.1 Å². The van der Waals surface area contributed by atoms with E-state index < -0.39 is 9.84 Å². The molecule has 10 heteroatoms. The minimum atomic E-state index is -2.92. The van der Waals surface area contributed by atoms with Crippen molar-refractivity contribution in [3.05, 3.63) is 27.2 Å². The predicted octanol–water partition coefficient (Wildman–Crippen LogP) is -1.06. The van der Waals surface area contributed by atoms with Gasteiger partial charge in [-0.3, -0.25) is 13.9 Å². The first-order valence-electron chi connectivity index (χ1n) is 8.23.